The number of thiophene rings is 1. The van der Waals surface area contributed by atoms with E-state index in [2.05, 4.69) is 10.0 Å². The zero-order valence-corrected chi connectivity index (χ0v) is 11.8. The van der Waals surface area contributed by atoms with Crippen LogP contribution in [0.1, 0.15) is 6.92 Å². The van der Waals surface area contributed by atoms with Gasteiger partial charge in [0, 0.05) is 6.54 Å². The van der Waals surface area contributed by atoms with Gasteiger partial charge in [-0.1, -0.05) is 13.0 Å². The van der Waals surface area contributed by atoms with Crippen LogP contribution in [-0.2, 0) is 19.6 Å². The molecule has 1 unspecified atom stereocenters. The molecule has 0 spiro atoms. The summed E-state index contributed by atoms with van der Waals surface area (Å²) in [7, 11) is -3.68. The Bertz CT molecular complexity index is 538. The van der Waals surface area contributed by atoms with E-state index in [0.29, 0.717) is 0 Å². The summed E-state index contributed by atoms with van der Waals surface area (Å²) in [5.74, 6) is -2.33. The maximum Gasteiger partial charge on any atom is 0.308 e. The van der Waals surface area contributed by atoms with Gasteiger partial charge in [-0.15, -0.1) is 11.3 Å². The monoisotopic (exact) mass is 306 g/mol. The van der Waals surface area contributed by atoms with Crippen molar-refractivity contribution in [2.75, 3.05) is 13.1 Å². The number of carboxylic acids is 1. The van der Waals surface area contributed by atoms with Crippen molar-refractivity contribution >= 4 is 33.2 Å². The zero-order chi connectivity index (χ0) is 14.5. The Morgan fingerprint density at radius 1 is 1.47 bits per heavy atom. The quantitative estimate of drug-likeness (QED) is 0.649. The van der Waals surface area contributed by atoms with E-state index in [4.69, 9.17) is 5.11 Å². The average molecular weight is 306 g/mol. The molecule has 0 bridgehead atoms. The minimum Gasteiger partial charge on any atom is -0.481 e. The summed E-state index contributed by atoms with van der Waals surface area (Å²) < 4.78 is 25.6. The van der Waals surface area contributed by atoms with E-state index in [1.807, 2.05) is 0 Å². The molecule has 0 saturated carbocycles. The number of rotatable bonds is 7. The summed E-state index contributed by atoms with van der Waals surface area (Å²) >= 11 is 1.04. The SMILES string of the molecule is CC(CNC(=O)CNS(=O)(=O)c1cccs1)C(=O)O. The number of carbonyl (C=O) groups is 2. The fourth-order valence-corrected chi connectivity index (χ4v) is 3.08. The van der Waals surface area contributed by atoms with Crippen LogP contribution in [0.3, 0.4) is 0 Å². The molecule has 0 aliphatic heterocycles. The molecule has 19 heavy (non-hydrogen) atoms. The van der Waals surface area contributed by atoms with Gasteiger partial charge in [-0.3, -0.25) is 9.59 Å². The molecule has 1 aromatic rings. The highest BCUT2D eigenvalue weighted by molar-refractivity contribution is 7.91. The third-order valence-electron chi connectivity index (χ3n) is 2.21. The van der Waals surface area contributed by atoms with E-state index in [-0.39, 0.29) is 10.8 Å². The van der Waals surface area contributed by atoms with Crippen LogP contribution in [-0.4, -0.2) is 38.5 Å². The van der Waals surface area contributed by atoms with Crippen LogP contribution in [0.2, 0.25) is 0 Å². The van der Waals surface area contributed by atoms with Crippen LogP contribution in [0, 0.1) is 5.92 Å². The van der Waals surface area contributed by atoms with Gasteiger partial charge in [0.25, 0.3) is 10.0 Å². The second kappa shape index (κ2) is 6.64. The number of amides is 1. The van der Waals surface area contributed by atoms with Gasteiger partial charge < -0.3 is 10.4 Å². The Hall–Kier alpha value is -1.45. The highest BCUT2D eigenvalue weighted by Gasteiger charge is 2.17. The summed E-state index contributed by atoms with van der Waals surface area (Å²) in [6.45, 7) is 0.972. The molecule has 1 heterocycles. The van der Waals surface area contributed by atoms with E-state index in [9.17, 15) is 18.0 Å². The Labute approximate surface area is 114 Å². The minimum absolute atomic E-state index is 0.0467. The molecule has 0 aromatic carbocycles. The minimum atomic E-state index is -3.68. The number of hydrogen-bond acceptors (Lipinski definition) is 5. The number of carbonyl (C=O) groups excluding carboxylic acids is 1. The molecule has 0 aliphatic carbocycles. The molecule has 1 rings (SSSR count). The molecule has 9 heteroatoms. The van der Waals surface area contributed by atoms with E-state index < -0.39 is 34.4 Å². The van der Waals surface area contributed by atoms with E-state index in [0.717, 1.165) is 11.3 Å². The van der Waals surface area contributed by atoms with Crippen molar-refractivity contribution in [2.24, 2.45) is 5.92 Å². The van der Waals surface area contributed by atoms with Crippen LogP contribution in [0.5, 0.6) is 0 Å². The van der Waals surface area contributed by atoms with Crippen molar-refractivity contribution in [3.05, 3.63) is 17.5 Å². The molecular formula is C10H14N2O5S2. The lowest BCUT2D eigenvalue weighted by Gasteiger charge is -2.09. The molecule has 1 aromatic heterocycles. The topological polar surface area (TPSA) is 113 Å². The average Bonchev–Trinajstić information content (AvgIpc) is 2.87. The summed E-state index contributed by atoms with van der Waals surface area (Å²) in [5, 5.41) is 12.6. The third kappa shape index (κ3) is 4.97. The van der Waals surface area contributed by atoms with Crippen LogP contribution in [0.25, 0.3) is 0 Å². The summed E-state index contributed by atoms with van der Waals surface area (Å²) in [4.78, 5) is 21.9. The molecule has 1 atom stereocenters. The molecule has 106 valence electrons. The van der Waals surface area contributed by atoms with Gasteiger partial charge in [0.15, 0.2) is 0 Å². The Morgan fingerprint density at radius 3 is 2.68 bits per heavy atom. The summed E-state index contributed by atoms with van der Waals surface area (Å²) in [6.07, 6.45) is 0. The predicted octanol–water partition coefficient (Wildman–Crippen LogP) is -0.137. The number of aliphatic carboxylic acids is 1. The third-order valence-corrected chi connectivity index (χ3v) is 5.01. The fourth-order valence-electron chi connectivity index (χ4n) is 1.06. The van der Waals surface area contributed by atoms with E-state index in [1.54, 1.807) is 11.4 Å². The van der Waals surface area contributed by atoms with Gasteiger partial charge in [-0.25, -0.2) is 13.1 Å². The molecular weight excluding hydrogens is 292 g/mol. The van der Waals surface area contributed by atoms with Crippen molar-refractivity contribution in [2.45, 2.75) is 11.1 Å². The van der Waals surface area contributed by atoms with Crippen molar-refractivity contribution < 1.29 is 23.1 Å². The molecule has 0 fully saturated rings. The van der Waals surface area contributed by atoms with Gasteiger partial charge in [-0.2, -0.15) is 0 Å². The molecule has 1 amide bonds. The Morgan fingerprint density at radius 2 is 2.16 bits per heavy atom. The molecule has 7 nitrogen and oxygen atoms in total. The Balaban J connectivity index is 2.41. The van der Waals surface area contributed by atoms with Gasteiger partial charge >= 0.3 is 5.97 Å². The predicted molar refractivity (Wildman–Crippen MR) is 69.3 cm³/mol. The van der Waals surface area contributed by atoms with Crippen LogP contribution >= 0.6 is 11.3 Å². The molecule has 3 N–H and O–H groups in total. The number of hydrogen-bond donors (Lipinski definition) is 3. The Kier molecular flexibility index (Phi) is 5.45. The van der Waals surface area contributed by atoms with Crippen LogP contribution in [0.4, 0.5) is 0 Å². The summed E-state index contributed by atoms with van der Waals surface area (Å²) in [5.41, 5.74) is 0. The van der Waals surface area contributed by atoms with Crippen molar-refractivity contribution in [1.82, 2.24) is 10.0 Å². The lowest BCUT2D eigenvalue weighted by atomic mass is 10.2. The first-order chi connectivity index (χ1) is 8.83. The second-order valence-electron chi connectivity index (χ2n) is 3.80. The maximum atomic E-state index is 11.7. The first kappa shape index (κ1) is 15.6. The second-order valence-corrected chi connectivity index (χ2v) is 6.74. The van der Waals surface area contributed by atoms with E-state index >= 15 is 0 Å². The van der Waals surface area contributed by atoms with Gasteiger partial charge in [0.05, 0.1) is 12.5 Å². The van der Waals surface area contributed by atoms with Crippen molar-refractivity contribution in [3.8, 4) is 0 Å². The molecule has 0 saturated heterocycles. The number of nitrogens with one attached hydrogen (secondary N) is 2. The lowest BCUT2D eigenvalue weighted by Crippen LogP contribution is -2.39. The normalized spacial score (nSPS) is 12.9. The first-order valence-corrected chi connectivity index (χ1v) is 7.72. The number of sulfonamides is 1. The van der Waals surface area contributed by atoms with Crippen molar-refractivity contribution in [1.29, 1.82) is 0 Å². The zero-order valence-electron chi connectivity index (χ0n) is 10.1. The van der Waals surface area contributed by atoms with Crippen LogP contribution in [0.15, 0.2) is 21.7 Å². The smallest absolute Gasteiger partial charge is 0.308 e. The van der Waals surface area contributed by atoms with Crippen molar-refractivity contribution in [3.63, 3.8) is 0 Å². The van der Waals surface area contributed by atoms with Gasteiger partial charge in [0.2, 0.25) is 5.91 Å². The maximum absolute atomic E-state index is 11.7. The van der Waals surface area contributed by atoms with E-state index in [1.165, 1.54) is 13.0 Å². The van der Waals surface area contributed by atoms with Gasteiger partial charge in [-0.05, 0) is 11.4 Å². The standard InChI is InChI=1S/C10H14N2O5S2/c1-7(10(14)15)5-11-8(13)6-12-19(16,17)9-3-2-4-18-9/h2-4,7,12H,5-6H2,1H3,(H,11,13)(H,14,15). The highest BCUT2D eigenvalue weighted by atomic mass is 32.2. The number of carboxylic acid groups (broad SMARTS) is 1. The van der Waals surface area contributed by atoms with Crippen LogP contribution < -0.4 is 10.0 Å². The fraction of sp³-hybridized carbons (Fsp3) is 0.400. The highest BCUT2D eigenvalue weighted by Crippen LogP contribution is 2.14. The molecule has 0 aliphatic rings. The summed E-state index contributed by atoms with van der Waals surface area (Å²) in [6, 6.07) is 3.02. The first-order valence-electron chi connectivity index (χ1n) is 5.35. The largest absolute Gasteiger partial charge is 0.481 e. The molecule has 0 radical (unpaired) electrons. The lowest BCUT2D eigenvalue weighted by molar-refractivity contribution is -0.141. The van der Waals surface area contributed by atoms with Gasteiger partial charge in [0.1, 0.15) is 4.21 Å².